The number of fused-ring (bicyclic) bond motifs is 6. The molecule has 1 N–H and O–H groups in total. The Kier molecular flexibility index (Phi) is 1.83. The second kappa shape index (κ2) is 3.54. The van der Waals surface area contributed by atoms with Crippen LogP contribution in [-0.2, 0) is 0 Å². The van der Waals surface area contributed by atoms with Crippen LogP contribution in [0, 0.1) is 0 Å². The number of allylic oxidation sites excluding steroid dienone is 2. The number of aromatic nitrogens is 1. The number of aromatic amines is 1. The molecule has 0 radical (unpaired) electrons. The monoisotopic (exact) mass is 259 g/mol. The lowest BCUT2D eigenvalue weighted by molar-refractivity contribution is 0.269. The fourth-order valence-electron chi connectivity index (χ4n) is 3.38. The maximum atomic E-state index is 6.09. The van der Waals surface area contributed by atoms with Gasteiger partial charge in [-0.1, -0.05) is 36.4 Å². The number of hydrogen-bond acceptors (Lipinski definition) is 1. The van der Waals surface area contributed by atoms with E-state index in [-0.39, 0.29) is 6.10 Å². The van der Waals surface area contributed by atoms with Gasteiger partial charge in [-0.05, 0) is 24.3 Å². The summed E-state index contributed by atoms with van der Waals surface area (Å²) in [6.07, 6.45) is 8.69. The number of nitrogens with one attached hydrogen (secondary N) is 1. The molecule has 5 rings (SSSR count). The molecule has 0 spiro atoms. The molecule has 0 saturated heterocycles. The molecule has 2 heterocycles. The summed E-state index contributed by atoms with van der Waals surface area (Å²) in [6.45, 7) is 0. The molecule has 96 valence electrons. The Bertz CT molecular complexity index is 900. The van der Waals surface area contributed by atoms with Crippen molar-refractivity contribution in [1.29, 1.82) is 0 Å². The lowest BCUT2D eigenvalue weighted by atomic mass is 9.91. The summed E-state index contributed by atoms with van der Waals surface area (Å²) in [6, 6.07) is 12.8. The Balaban J connectivity index is 1.82. The van der Waals surface area contributed by atoms with Crippen molar-refractivity contribution in [2.45, 2.75) is 12.0 Å². The average Bonchev–Trinajstić information content (AvgIpc) is 3.02. The smallest absolute Gasteiger partial charge is 0.128 e. The van der Waals surface area contributed by atoms with E-state index in [1.165, 1.54) is 27.4 Å². The van der Waals surface area contributed by atoms with E-state index in [2.05, 4.69) is 65.7 Å². The van der Waals surface area contributed by atoms with Crippen molar-refractivity contribution in [3.63, 3.8) is 0 Å². The van der Waals surface area contributed by atoms with Crippen LogP contribution in [-0.4, -0.2) is 11.1 Å². The van der Waals surface area contributed by atoms with Crippen molar-refractivity contribution in [3.05, 3.63) is 66.3 Å². The largest absolute Gasteiger partial charge is 0.485 e. The van der Waals surface area contributed by atoms with Crippen LogP contribution < -0.4 is 4.74 Å². The zero-order valence-corrected chi connectivity index (χ0v) is 10.8. The SMILES string of the molecule is C1=CC2Oc3cc4c(cc3C2C=C1)[nH]c1ccccc14. The summed E-state index contributed by atoms with van der Waals surface area (Å²) < 4.78 is 6.09. The molecule has 1 aromatic heterocycles. The van der Waals surface area contributed by atoms with Gasteiger partial charge in [0.2, 0.25) is 0 Å². The molecule has 20 heavy (non-hydrogen) atoms. The van der Waals surface area contributed by atoms with Gasteiger partial charge in [-0.15, -0.1) is 0 Å². The summed E-state index contributed by atoms with van der Waals surface area (Å²) in [5.41, 5.74) is 3.66. The molecule has 0 bridgehead atoms. The number of rotatable bonds is 0. The molecule has 2 unspecified atom stereocenters. The first-order chi connectivity index (χ1) is 9.90. The van der Waals surface area contributed by atoms with Crippen LogP contribution in [0.2, 0.25) is 0 Å². The molecule has 0 amide bonds. The highest BCUT2D eigenvalue weighted by Gasteiger charge is 2.32. The number of hydrogen-bond donors (Lipinski definition) is 1. The molecule has 2 heteroatoms. The first-order valence-electron chi connectivity index (χ1n) is 6.96. The van der Waals surface area contributed by atoms with E-state index in [0.29, 0.717) is 5.92 Å². The fraction of sp³-hybridized carbons (Fsp3) is 0.111. The van der Waals surface area contributed by atoms with Gasteiger partial charge in [0, 0.05) is 33.3 Å². The normalized spacial score (nSPS) is 23.0. The minimum absolute atomic E-state index is 0.160. The van der Waals surface area contributed by atoms with Crippen LogP contribution in [0.1, 0.15) is 11.5 Å². The topological polar surface area (TPSA) is 25.0 Å². The number of benzene rings is 2. The van der Waals surface area contributed by atoms with E-state index in [1.54, 1.807) is 0 Å². The van der Waals surface area contributed by atoms with E-state index in [9.17, 15) is 0 Å². The molecule has 0 saturated carbocycles. The predicted molar refractivity (Wildman–Crippen MR) is 81.2 cm³/mol. The first-order valence-corrected chi connectivity index (χ1v) is 6.96. The van der Waals surface area contributed by atoms with E-state index in [0.717, 1.165) is 5.75 Å². The maximum absolute atomic E-state index is 6.09. The van der Waals surface area contributed by atoms with E-state index < -0.39 is 0 Å². The predicted octanol–water partition coefficient (Wildman–Crippen LogP) is 4.29. The van der Waals surface area contributed by atoms with Gasteiger partial charge >= 0.3 is 0 Å². The molecule has 0 fully saturated rings. The van der Waals surface area contributed by atoms with Crippen molar-refractivity contribution >= 4 is 21.8 Å². The van der Waals surface area contributed by atoms with Gasteiger partial charge in [-0.3, -0.25) is 0 Å². The standard InChI is InChI=1S/C18H13NO/c1-3-7-15-11(5-1)13-10-18-14(9-16(13)19-15)12-6-2-4-8-17(12)20-18/h1-10,12,17,19H. The Morgan fingerprint density at radius 1 is 0.900 bits per heavy atom. The summed E-state index contributed by atoms with van der Waals surface area (Å²) in [4.78, 5) is 3.51. The molecule has 2 nitrogen and oxygen atoms in total. The fourth-order valence-corrected chi connectivity index (χ4v) is 3.38. The third kappa shape index (κ3) is 1.23. The highest BCUT2D eigenvalue weighted by molar-refractivity contribution is 6.08. The number of H-pyrrole nitrogens is 1. The maximum Gasteiger partial charge on any atom is 0.128 e. The van der Waals surface area contributed by atoms with Crippen molar-refractivity contribution in [1.82, 2.24) is 4.98 Å². The van der Waals surface area contributed by atoms with Gasteiger partial charge in [0.25, 0.3) is 0 Å². The van der Waals surface area contributed by atoms with Crippen LogP contribution in [0.4, 0.5) is 0 Å². The summed E-state index contributed by atoms with van der Waals surface area (Å²) in [7, 11) is 0. The molecule has 3 aromatic rings. The number of para-hydroxylation sites is 1. The summed E-state index contributed by atoms with van der Waals surface area (Å²) in [5.74, 6) is 1.37. The van der Waals surface area contributed by atoms with Crippen LogP contribution in [0.3, 0.4) is 0 Å². The van der Waals surface area contributed by atoms with Crippen molar-refractivity contribution in [2.75, 3.05) is 0 Å². The van der Waals surface area contributed by atoms with Gasteiger partial charge in [0.1, 0.15) is 11.9 Å². The quantitative estimate of drug-likeness (QED) is 0.640. The van der Waals surface area contributed by atoms with Crippen molar-refractivity contribution in [2.24, 2.45) is 0 Å². The lowest BCUT2D eigenvalue weighted by Gasteiger charge is -2.13. The zero-order chi connectivity index (χ0) is 13.1. The van der Waals surface area contributed by atoms with Crippen molar-refractivity contribution < 1.29 is 4.74 Å². The van der Waals surface area contributed by atoms with Gasteiger partial charge in [-0.25, -0.2) is 0 Å². The second-order valence-corrected chi connectivity index (χ2v) is 5.48. The molecular weight excluding hydrogens is 246 g/mol. The van der Waals surface area contributed by atoms with Crippen LogP contribution in [0.15, 0.2) is 60.7 Å². The van der Waals surface area contributed by atoms with Gasteiger partial charge in [-0.2, -0.15) is 0 Å². The summed E-state index contributed by atoms with van der Waals surface area (Å²) >= 11 is 0. The third-order valence-electron chi connectivity index (χ3n) is 4.34. The van der Waals surface area contributed by atoms with Gasteiger partial charge in [0.15, 0.2) is 0 Å². The van der Waals surface area contributed by atoms with E-state index >= 15 is 0 Å². The first kappa shape index (κ1) is 10.3. The highest BCUT2D eigenvalue weighted by Crippen LogP contribution is 2.44. The molecule has 1 aliphatic carbocycles. The Morgan fingerprint density at radius 2 is 1.80 bits per heavy atom. The third-order valence-corrected chi connectivity index (χ3v) is 4.34. The number of ether oxygens (including phenoxy) is 1. The van der Waals surface area contributed by atoms with E-state index in [4.69, 9.17) is 4.74 Å². The van der Waals surface area contributed by atoms with Crippen LogP contribution in [0.5, 0.6) is 5.75 Å². The minimum atomic E-state index is 0.160. The Hall–Kier alpha value is -2.48. The van der Waals surface area contributed by atoms with Crippen LogP contribution >= 0.6 is 0 Å². The second-order valence-electron chi connectivity index (χ2n) is 5.48. The van der Waals surface area contributed by atoms with Gasteiger partial charge in [0.05, 0.1) is 0 Å². The molecule has 2 aliphatic rings. The minimum Gasteiger partial charge on any atom is -0.485 e. The molecule has 2 atom stereocenters. The Morgan fingerprint density at radius 3 is 2.80 bits per heavy atom. The van der Waals surface area contributed by atoms with E-state index in [1.807, 2.05) is 0 Å². The average molecular weight is 259 g/mol. The van der Waals surface area contributed by atoms with Crippen LogP contribution in [0.25, 0.3) is 21.8 Å². The zero-order valence-electron chi connectivity index (χ0n) is 10.8. The Labute approximate surface area is 116 Å². The molecule has 1 aliphatic heterocycles. The summed E-state index contributed by atoms with van der Waals surface area (Å²) in [5, 5.41) is 2.50. The van der Waals surface area contributed by atoms with Crippen molar-refractivity contribution in [3.8, 4) is 5.75 Å². The molecular formula is C18H13NO. The molecule has 2 aromatic carbocycles. The highest BCUT2D eigenvalue weighted by atomic mass is 16.5. The lowest BCUT2D eigenvalue weighted by Crippen LogP contribution is -2.15. The van der Waals surface area contributed by atoms with Gasteiger partial charge < -0.3 is 9.72 Å².